The van der Waals surface area contributed by atoms with Crippen molar-refractivity contribution < 1.29 is 23.8 Å². The van der Waals surface area contributed by atoms with Gasteiger partial charge in [-0.3, -0.25) is 4.79 Å². The molecule has 1 rings (SSSR count). The van der Waals surface area contributed by atoms with Gasteiger partial charge >= 0.3 is 5.97 Å². The molecule has 1 atom stereocenters. The maximum absolute atomic E-state index is 13.3. The van der Waals surface area contributed by atoms with Crippen molar-refractivity contribution in [1.29, 1.82) is 0 Å². The number of halogens is 3. The second kappa shape index (κ2) is 4.65. The number of carboxylic acids is 1. The van der Waals surface area contributed by atoms with Gasteiger partial charge in [0, 0.05) is 0 Å². The first-order chi connectivity index (χ1) is 7.34. The topological polar surface area (TPSA) is 57.5 Å². The number of carboxylic acid groups (broad SMARTS) is 1. The summed E-state index contributed by atoms with van der Waals surface area (Å²) in [5, 5.41) is 17.3. The summed E-state index contributed by atoms with van der Waals surface area (Å²) in [5.41, 5.74) is -0.171. The number of benzene rings is 1. The summed E-state index contributed by atoms with van der Waals surface area (Å²) in [6, 6.07) is 1.02. The third kappa shape index (κ3) is 2.41. The first-order valence-electron chi connectivity index (χ1n) is 4.42. The molecule has 0 amide bonds. The van der Waals surface area contributed by atoms with Crippen molar-refractivity contribution in [1.82, 2.24) is 0 Å². The molecule has 2 N–H and O–H groups in total. The molecule has 0 radical (unpaired) electrons. The Bertz CT molecular complexity index is 435. The second-order valence-electron chi connectivity index (χ2n) is 3.44. The number of aliphatic carboxylic acids is 1. The first-order valence-corrected chi connectivity index (χ1v) is 4.80. The minimum Gasteiger partial charge on any atom is -0.504 e. The maximum Gasteiger partial charge on any atom is 0.306 e. The Morgan fingerprint density at radius 1 is 1.50 bits per heavy atom. The molecule has 3 nitrogen and oxygen atoms in total. The van der Waals surface area contributed by atoms with Crippen molar-refractivity contribution >= 4 is 17.6 Å². The largest absolute Gasteiger partial charge is 0.504 e. The van der Waals surface area contributed by atoms with Crippen LogP contribution in [0.2, 0.25) is 5.02 Å². The third-order valence-corrected chi connectivity index (χ3v) is 2.45. The summed E-state index contributed by atoms with van der Waals surface area (Å²) in [6.07, 6.45) is -0.196. The molecule has 0 spiro atoms. The lowest BCUT2D eigenvalue weighted by atomic mass is 10.0. The van der Waals surface area contributed by atoms with Crippen LogP contribution in [0.1, 0.15) is 12.5 Å². The fourth-order valence-corrected chi connectivity index (χ4v) is 1.41. The number of hydrogen-bond donors (Lipinski definition) is 2. The van der Waals surface area contributed by atoms with E-state index in [0.29, 0.717) is 0 Å². The van der Waals surface area contributed by atoms with Crippen LogP contribution in [0.15, 0.2) is 6.07 Å². The SMILES string of the molecule is CC(Cc1cc(Cl)c(O)c(F)c1F)C(=O)O. The smallest absolute Gasteiger partial charge is 0.306 e. The van der Waals surface area contributed by atoms with Crippen molar-refractivity contribution in [2.24, 2.45) is 5.92 Å². The molecule has 0 aliphatic rings. The van der Waals surface area contributed by atoms with Gasteiger partial charge in [-0.25, -0.2) is 4.39 Å². The zero-order chi connectivity index (χ0) is 12.5. The molecular weight excluding hydrogens is 242 g/mol. The van der Waals surface area contributed by atoms with Crippen LogP contribution in [0, 0.1) is 17.6 Å². The molecule has 0 fully saturated rings. The van der Waals surface area contributed by atoms with Crippen LogP contribution in [-0.2, 0) is 11.2 Å². The standard InChI is InChI=1S/C10H9ClF2O3/c1-4(10(15)16)2-5-3-6(11)9(14)8(13)7(5)12/h3-4,14H,2H2,1H3,(H,15,16). The monoisotopic (exact) mass is 250 g/mol. The third-order valence-electron chi connectivity index (χ3n) is 2.16. The highest BCUT2D eigenvalue weighted by molar-refractivity contribution is 6.32. The van der Waals surface area contributed by atoms with E-state index in [-0.39, 0.29) is 17.0 Å². The minimum atomic E-state index is -1.46. The number of phenols is 1. The van der Waals surface area contributed by atoms with Crippen molar-refractivity contribution in [2.45, 2.75) is 13.3 Å². The van der Waals surface area contributed by atoms with Gasteiger partial charge in [0.2, 0.25) is 5.82 Å². The molecule has 0 aliphatic carbocycles. The highest BCUT2D eigenvalue weighted by atomic mass is 35.5. The van der Waals surface area contributed by atoms with E-state index in [4.69, 9.17) is 21.8 Å². The predicted octanol–water partition coefficient (Wildman–Crippen LogP) is 2.59. The molecule has 0 heterocycles. The summed E-state index contributed by atoms with van der Waals surface area (Å²) >= 11 is 5.45. The van der Waals surface area contributed by atoms with E-state index in [1.54, 1.807) is 0 Å². The molecule has 1 unspecified atom stereocenters. The van der Waals surface area contributed by atoms with Gasteiger partial charge < -0.3 is 10.2 Å². The van der Waals surface area contributed by atoms with E-state index in [9.17, 15) is 13.6 Å². The van der Waals surface area contributed by atoms with E-state index >= 15 is 0 Å². The van der Waals surface area contributed by atoms with Gasteiger partial charge in [0.1, 0.15) is 0 Å². The van der Waals surface area contributed by atoms with Crippen LogP contribution < -0.4 is 0 Å². The summed E-state index contributed by atoms with van der Waals surface area (Å²) < 4.78 is 26.3. The fraction of sp³-hybridized carbons (Fsp3) is 0.300. The summed E-state index contributed by atoms with van der Waals surface area (Å²) in [4.78, 5) is 10.6. The van der Waals surface area contributed by atoms with Crippen molar-refractivity contribution in [3.05, 3.63) is 28.3 Å². The van der Waals surface area contributed by atoms with Crippen molar-refractivity contribution in [3.63, 3.8) is 0 Å². The molecule has 0 aliphatic heterocycles. The Morgan fingerprint density at radius 3 is 2.56 bits per heavy atom. The van der Waals surface area contributed by atoms with E-state index in [1.165, 1.54) is 6.92 Å². The highest BCUT2D eigenvalue weighted by Crippen LogP contribution is 2.31. The van der Waals surface area contributed by atoms with Gasteiger partial charge in [0.25, 0.3) is 0 Å². The second-order valence-corrected chi connectivity index (χ2v) is 3.84. The summed E-state index contributed by atoms with van der Waals surface area (Å²) in [7, 11) is 0. The molecule has 16 heavy (non-hydrogen) atoms. The molecule has 0 saturated carbocycles. The fourth-order valence-electron chi connectivity index (χ4n) is 1.20. The molecule has 1 aromatic rings. The van der Waals surface area contributed by atoms with Gasteiger partial charge in [0.05, 0.1) is 10.9 Å². The van der Waals surface area contributed by atoms with Crippen LogP contribution in [0.5, 0.6) is 5.75 Å². The minimum absolute atomic E-state index is 0.171. The van der Waals surface area contributed by atoms with Crippen LogP contribution in [0.4, 0.5) is 8.78 Å². The van der Waals surface area contributed by atoms with E-state index in [0.717, 1.165) is 6.07 Å². The van der Waals surface area contributed by atoms with E-state index in [2.05, 4.69) is 0 Å². The lowest BCUT2D eigenvalue weighted by Crippen LogP contribution is -2.13. The van der Waals surface area contributed by atoms with Crippen molar-refractivity contribution in [3.8, 4) is 5.75 Å². The zero-order valence-corrected chi connectivity index (χ0v) is 9.05. The van der Waals surface area contributed by atoms with Crippen LogP contribution in [-0.4, -0.2) is 16.2 Å². The number of rotatable bonds is 3. The van der Waals surface area contributed by atoms with E-state index in [1.807, 2.05) is 0 Å². The molecule has 1 aromatic carbocycles. The average molecular weight is 251 g/mol. The molecule has 6 heteroatoms. The lowest BCUT2D eigenvalue weighted by molar-refractivity contribution is -0.141. The number of phenolic OH excluding ortho intramolecular Hbond substituents is 1. The maximum atomic E-state index is 13.3. The molecule has 88 valence electrons. The van der Waals surface area contributed by atoms with Gasteiger partial charge in [-0.05, 0) is 18.1 Å². The van der Waals surface area contributed by atoms with Gasteiger partial charge in [-0.1, -0.05) is 18.5 Å². The highest BCUT2D eigenvalue weighted by Gasteiger charge is 2.20. The van der Waals surface area contributed by atoms with Crippen LogP contribution in [0.25, 0.3) is 0 Å². The predicted molar refractivity (Wildman–Crippen MR) is 53.5 cm³/mol. The Balaban J connectivity index is 3.11. The first kappa shape index (κ1) is 12.7. The Kier molecular flexibility index (Phi) is 3.70. The Labute approximate surface area is 95.3 Å². The van der Waals surface area contributed by atoms with Gasteiger partial charge in [-0.15, -0.1) is 0 Å². The van der Waals surface area contributed by atoms with Crippen LogP contribution in [0.3, 0.4) is 0 Å². The Hall–Kier alpha value is -1.36. The normalized spacial score (nSPS) is 12.5. The molecular formula is C10H9ClF2O3. The summed E-state index contributed by atoms with van der Waals surface area (Å²) in [6.45, 7) is 1.36. The Morgan fingerprint density at radius 2 is 2.06 bits per heavy atom. The average Bonchev–Trinajstić information content (AvgIpc) is 2.22. The molecule has 0 bridgehead atoms. The lowest BCUT2D eigenvalue weighted by Gasteiger charge is -2.09. The van der Waals surface area contributed by atoms with Crippen LogP contribution >= 0.6 is 11.6 Å². The number of aromatic hydroxyl groups is 1. The zero-order valence-electron chi connectivity index (χ0n) is 8.30. The summed E-state index contributed by atoms with van der Waals surface area (Å²) in [5.74, 6) is -5.68. The molecule has 0 saturated heterocycles. The van der Waals surface area contributed by atoms with Gasteiger partial charge in [-0.2, -0.15) is 4.39 Å². The number of carbonyl (C=O) groups is 1. The molecule has 0 aromatic heterocycles. The van der Waals surface area contributed by atoms with E-state index < -0.39 is 29.3 Å². The van der Waals surface area contributed by atoms with Crippen molar-refractivity contribution in [2.75, 3.05) is 0 Å². The van der Waals surface area contributed by atoms with Gasteiger partial charge in [0.15, 0.2) is 11.6 Å². The quantitative estimate of drug-likeness (QED) is 0.811. The number of hydrogen-bond acceptors (Lipinski definition) is 2.